The van der Waals surface area contributed by atoms with Crippen molar-refractivity contribution in [1.82, 2.24) is 5.32 Å². The largest absolute Gasteiger partial charge is 0.422 e. The van der Waals surface area contributed by atoms with Crippen LogP contribution in [0.1, 0.15) is 35.6 Å². The van der Waals surface area contributed by atoms with Gasteiger partial charge >= 0.3 is 5.63 Å². The molecule has 1 aromatic heterocycles. The Balaban J connectivity index is 2.03. The van der Waals surface area contributed by atoms with Crippen LogP contribution in [0.15, 0.2) is 27.4 Å². The summed E-state index contributed by atoms with van der Waals surface area (Å²) in [6, 6.07) is 5.20. The van der Waals surface area contributed by atoms with Gasteiger partial charge in [0.05, 0.1) is 12.7 Å². The van der Waals surface area contributed by atoms with Gasteiger partial charge in [-0.05, 0) is 42.9 Å². The lowest BCUT2D eigenvalue weighted by Crippen LogP contribution is -2.33. The molecule has 0 spiro atoms. The highest BCUT2D eigenvalue weighted by Gasteiger charge is 2.25. The second-order valence-electron chi connectivity index (χ2n) is 6.21. The van der Waals surface area contributed by atoms with Gasteiger partial charge in [0.15, 0.2) is 0 Å². The number of nitrogens with one attached hydrogen (secondary N) is 1. The van der Waals surface area contributed by atoms with Crippen LogP contribution in [0.2, 0.25) is 0 Å². The Morgan fingerprint density at radius 2 is 1.92 bits per heavy atom. The van der Waals surface area contributed by atoms with E-state index < -0.39 is 12.2 Å². The second-order valence-corrected chi connectivity index (χ2v) is 6.21. The second kappa shape index (κ2) is 7.44. The molecule has 0 radical (unpaired) electrons. The van der Waals surface area contributed by atoms with Gasteiger partial charge in [-0.25, -0.2) is 4.79 Å². The Morgan fingerprint density at radius 3 is 2.67 bits per heavy atom. The smallest absolute Gasteiger partial charge is 0.339 e. The maximum atomic E-state index is 12.2. The number of fused-ring (bicyclic) bond motifs is 3. The predicted octanol–water partition coefficient (Wildman–Crippen LogP) is 0.648. The highest BCUT2D eigenvalue weighted by Crippen LogP contribution is 2.33. The number of rotatable bonds is 6. The first kappa shape index (κ1) is 17.1. The maximum Gasteiger partial charge on any atom is 0.339 e. The van der Waals surface area contributed by atoms with E-state index in [9.17, 15) is 15.0 Å². The first-order valence-corrected chi connectivity index (χ1v) is 8.38. The third-order valence-electron chi connectivity index (χ3n) is 4.60. The summed E-state index contributed by atoms with van der Waals surface area (Å²) >= 11 is 0. The van der Waals surface area contributed by atoms with Gasteiger partial charge in [0.25, 0.3) is 0 Å². The molecule has 1 heterocycles. The van der Waals surface area contributed by atoms with E-state index in [1.165, 1.54) is 0 Å². The average molecular weight is 333 g/mol. The fourth-order valence-electron chi connectivity index (χ4n) is 3.42. The lowest BCUT2D eigenvalue weighted by molar-refractivity contribution is 0.0195. The summed E-state index contributed by atoms with van der Waals surface area (Å²) in [4.78, 5) is 12.2. The maximum absolute atomic E-state index is 12.2. The molecular weight excluding hydrogens is 310 g/mol. The zero-order valence-corrected chi connectivity index (χ0v) is 13.5. The van der Waals surface area contributed by atoms with Gasteiger partial charge in [-0.2, -0.15) is 0 Å². The van der Waals surface area contributed by atoms with E-state index in [1.807, 2.05) is 0 Å². The van der Waals surface area contributed by atoms with E-state index in [0.717, 1.165) is 30.2 Å². The molecule has 2 unspecified atom stereocenters. The number of aliphatic hydroxyl groups is 3. The van der Waals surface area contributed by atoms with Gasteiger partial charge in [-0.15, -0.1) is 0 Å². The number of benzene rings is 1. The molecule has 2 atom stereocenters. The van der Waals surface area contributed by atoms with Crippen LogP contribution in [-0.4, -0.2) is 41.1 Å². The van der Waals surface area contributed by atoms with Gasteiger partial charge in [-0.1, -0.05) is 12.1 Å². The summed E-state index contributed by atoms with van der Waals surface area (Å²) < 4.78 is 5.43. The highest BCUT2D eigenvalue weighted by molar-refractivity contribution is 5.85. The standard InChI is InChI=1S/C18H23NO5/c20-9-8-19-10-14(21)17(22)13-6-3-7-15-16(13)11-4-1-2-5-12(11)18(23)24-15/h3,6-7,14,17,19-22H,1-2,4-5,8-10H2. The topological polar surface area (TPSA) is 103 Å². The van der Waals surface area contributed by atoms with Gasteiger partial charge in [0.1, 0.15) is 11.7 Å². The molecule has 6 heteroatoms. The van der Waals surface area contributed by atoms with Gasteiger partial charge < -0.3 is 25.1 Å². The van der Waals surface area contributed by atoms with Crippen molar-refractivity contribution < 1.29 is 19.7 Å². The molecule has 0 amide bonds. The van der Waals surface area contributed by atoms with Crippen LogP contribution in [0.4, 0.5) is 0 Å². The van der Waals surface area contributed by atoms with Crippen LogP contribution in [-0.2, 0) is 12.8 Å². The SMILES string of the molecule is O=c1oc2cccc(C(O)C(O)CNCCO)c2c2c1CCCC2. The van der Waals surface area contributed by atoms with Crippen LogP contribution in [0.25, 0.3) is 11.0 Å². The van der Waals surface area contributed by atoms with Crippen molar-refractivity contribution in [1.29, 1.82) is 0 Å². The third-order valence-corrected chi connectivity index (χ3v) is 4.60. The van der Waals surface area contributed by atoms with Crippen LogP contribution in [0.3, 0.4) is 0 Å². The van der Waals surface area contributed by atoms with Crippen LogP contribution >= 0.6 is 0 Å². The van der Waals surface area contributed by atoms with Crippen molar-refractivity contribution in [2.75, 3.05) is 19.7 Å². The zero-order valence-electron chi connectivity index (χ0n) is 13.5. The lowest BCUT2D eigenvalue weighted by Gasteiger charge is -2.23. The molecule has 0 fully saturated rings. The molecule has 6 nitrogen and oxygen atoms in total. The van der Waals surface area contributed by atoms with Crippen LogP contribution in [0, 0.1) is 0 Å². The molecule has 0 bridgehead atoms. The van der Waals surface area contributed by atoms with Gasteiger partial charge in [0, 0.05) is 24.0 Å². The van der Waals surface area contributed by atoms with Gasteiger partial charge in [-0.3, -0.25) is 0 Å². The molecular formula is C18H23NO5. The molecule has 0 saturated carbocycles. The van der Waals surface area contributed by atoms with Crippen molar-refractivity contribution >= 4 is 11.0 Å². The minimum atomic E-state index is -1.10. The molecule has 3 rings (SSSR count). The number of hydrogen-bond donors (Lipinski definition) is 4. The van der Waals surface area contributed by atoms with E-state index in [4.69, 9.17) is 9.52 Å². The Labute approximate surface area is 139 Å². The molecule has 4 N–H and O–H groups in total. The molecule has 130 valence electrons. The highest BCUT2D eigenvalue weighted by atomic mass is 16.4. The Bertz CT molecular complexity index is 770. The van der Waals surface area contributed by atoms with E-state index in [-0.39, 0.29) is 18.8 Å². The van der Waals surface area contributed by atoms with Crippen molar-refractivity contribution in [3.05, 3.63) is 45.3 Å². The summed E-state index contributed by atoms with van der Waals surface area (Å²) in [6.07, 6.45) is 1.31. The minimum Gasteiger partial charge on any atom is -0.422 e. The summed E-state index contributed by atoms with van der Waals surface area (Å²) in [6.45, 7) is 0.483. The Hall–Kier alpha value is -1.73. The van der Waals surface area contributed by atoms with E-state index in [0.29, 0.717) is 29.7 Å². The minimum absolute atomic E-state index is 0.0320. The quantitative estimate of drug-likeness (QED) is 0.457. The van der Waals surface area contributed by atoms with E-state index >= 15 is 0 Å². The van der Waals surface area contributed by atoms with Crippen molar-refractivity contribution in [3.63, 3.8) is 0 Å². The monoisotopic (exact) mass is 333 g/mol. The summed E-state index contributed by atoms with van der Waals surface area (Å²) in [5, 5.41) is 33.2. The van der Waals surface area contributed by atoms with Crippen LogP contribution < -0.4 is 10.9 Å². The molecule has 0 aliphatic heterocycles. The predicted molar refractivity (Wildman–Crippen MR) is 90.0 cm³/mol. The molecule has 1 aliphatic rings. The lowest BCUT2D eigenvalue weighted by atomic mass is 9.87. The first-order chi connectivity index (χ1) is 11.6. The van der Waals surface area contributed by atoms with Crippen molar-refractivity contribution in [2.45, 2.75) is 37.9 Å². The number of aliphatic hydroxyl groups excluding tert-OH is 3. The fraction of sp³-hybridized carbons (Fsp3) is 0.500. The molecule has 2 aromatic rings. The number of hydrogen-bond acceptors (Lipinski definition) is 6. The summed E-state index contributed by atoms with van der Waals surface area (Å²) in [5.74, 6) is 0. The normalized spacial score (nSPS) is 16.8. The van der Waals surface area contributed by atoms with E-state index in [2.05, 4.69) is 5.32 Å². The first-order valence-electron chi connectivity index (χ1n) is 8.38. The summed E-state index contributed by atoms with van der Waals surface area (Å²) in [7, 11) is 0. The Kier molecular flexibility index (Phi) is 5.30. The van der Waals surface area contributed by atoms with Gasteiger partial charge in [0.2, 0.25) is 0 Å². The number of aryl methyl sites for hydroxylation is 1. The van der Waals surface area contributed by atoms with E-state index in [1.54, 1.807) is 18.2 Å². The molecule has 1 aliphatic carbocycles. The van der Waals surface area contributed by atoms with Crippen LogP contribution in [0.5, 0.6) is 0 Å². The Morgan fingerprint density at radius 1 is 1.17 bits per heavy atom. The molecule has 1 aromatic carbocycles. The molecule has 0 saturated heterocycles. The third kappa shape index (κ3) is 3.23. The fourth-order valence-corrected chi connectivity index (χ4v) is 3.42. The average Bonchev–Trinajstić information content (AvgIpc) is 2.61. The summed E-state index contributed by atoms with van der Waals surface area (Å²) in [5.41, 5.74) is 2.37. The molecule has 24 heavy (non-hydrogen) atoms. The van der Waals surface area contributed by atoms with Crippen molar-refractivity contribution in [3.8, 4) is 0 Å². The zero-order chi connectivity index (χ0) is 17.1. The van der Waals surface area contributed by atoms with Crippen molar-refractivity contribution in [2.24, 2.45) is 0 Å².